The fourth-order valence-corrected chi connectivity index (χ4v) is 2.29. The largest absolute Gasteiger partial charge is 0.311 e. The Hall–Kier alpha value is 0.220. The van der Waals surface area contributed by atoms with E-state index in [4.69, 9.17) is 0 Å². The quantitative estimate of drug-likeness (QED) is 0.497. The lowest BCUT2D eigenvalue weighted by Gasteiger charge is -1.99. The highest BCUT2D eigenvalue weighted by Crippen LogP contribution is 2.17. The first-order valence-corrected chi connectivity index (χ1v) is 5.36. The van der Waals surface area contributed by atoms with E-state index < -0.39 is 0 Å². The maximum absolute atomic E-state index is 2.35. The third-order valence-corrected chi connectivity index (χ3v) is 3.38. The number of fused-ring (bicyclic) bond motifs is 1. The lowest BCUT2D eigenvalue weighted by atomic mass is 10.4. The molecule has 0 amide bonds. The zero-order valence-electron chi connectivity index (χ0n) is 5.59. The molecular weight excluding hydrogens is 364 g/mol. The summed E-state index contributed by atoms with van der Waals surface area (Å²) >= 11 is 4.68. The van der Waals surface area contributed by atoms with E-state index in [0.29, 0.717) is 0 Å². The molecule has 0 aliphatic rings. The highest BCUT2D eigenvalue weighted by Gasteiger charge is 1.98. The predicted molar refractivity (Wildman–Crippen MR) is 62.8 cm³/mol. The first kappa shape index (κ1) is 7.85. The molecular formula is C8H5I2N. The number of hydrogen-bond acceptors (Lipinski definition) is 0. The molecule has 1 nitrogen and oxygen atoms in total. The number of nitrogens with zero attached hydrogens (tertiary/aromatic N) is 1. The Morgan fingerprint density at radius 1 is 1.09 bits per heavy atom. The van der Waals surface area contributed by atoms with E-state index in [0.717, 1.165) is 0 Å². The van der Waals surface area contributed by atoms with Crippen LogP contribution in [0.5, 0.6) is 0 Å². The second-order valence-corrected chi connectivity index (χ2v) is 4.53. The van der Waals surface area contributed by atoms with Crippen LogP contribution >= 0.6 is 45.2 Å². The zero-order valence-corrected chi connectivity index (χ0v) is 9.90. The SMILES string of the molecule is Ic1ccc(I)n2cccc12. The third kappa shape index (κ3) is 1.28. The molecule has 0 aliphatic heterocycles. The van der Waals surface area contributed by atoms with E-state index in [1.165, 1.54) is 12.8 Å². The van der Waals surface area contributed by atoms with Crippen molar-refractivity contribution in [2.75, 3.05) is 0 Å². The van der Waals surface area contributed by atoms with Gasteiger partial charge in [0, 0.05) is 9.77 Å². The fourth-order valence-electron chi connectivity index (χ4n) is 1.07. The van der Waals surface area contributed by atoms with Crippen LogP contribution in [0.2, 0.25) is 0 Å². The highest BCUT2D eigenvalue weighted by molar-refractivity contribution is 14.1. The van der Waals surface area contributed by atoms with Gasteiger partial charge in [-0.1, -0.05) is 0 Å². The number of pyridine rings is 1. The Bertz CT molecular complexity index is 356. The van der Waals surface area contributed by atoms with Crippen LogP contribution in [0, 0.1) is 7.27 Å². The standard InChI is InChI=1S/C8H5I2N/c9-6-3-4-8(10)11-5-1-2-7(6)11/h1-5H. The van der Waals surface area contributed by atoms with Crippen LogP contribution in [0.15, 0.2) is 30.5 Å². The Balaban J connectivity index is 2.96. The lowest BCUT2D eigenvalue weighted by Crippen LogP contribution is -1.89. The Kier molecular flexibility index (Phi) is 2.09. The molecule has 56 valence electrons. The van der Waals surface area contributed by atoms with E-state index in [2.05, 4.69) is 80.0 Å². The lowest BCUT2D eigenvalue weighted by molar-refractivity contribution is 1.14. The minimum absolute atomic E-state index is 1.25. The molecule has 0 fully saturated rings. The van der Waals surface area contributed by atoms with E-state index in [9.17, 15) is 0 Å². The van der Waals surface area contributed by atoms with Gasteiger partial charge in [0.15, 0.2) is 0 Å². The summed E-state index contributed by atoms with van der Waals surface area (Å²) in [6, 6.07) is 8.45. The van der Waals surface area contributed by atoms with Crippen LogP contribution in [0.25, 0.3) is 5.52 Å². The van der Waals surface area contributed by atoms with Crippen LogP contribution < -0.4 is 0 Å². The van der Waals surface area contributed by atoms with Crippen molar-refractivity contribution in [2.45, 2.75) is 0 Å². The van der Waals surface area contributed by atoms with Gasteiger partial charge in [0.1, 0.15) is 0 Å². The first-order chi connectivity index (χ1) is 5.29. The Labute approximate surface area is 92.1 Å². The minimum atomic E-state index is 1.25. The topological polar surface area (TPSA) is 4.41 Å². The zero-order chi connectivity index (χ0) is 7.84. The van der Waals surface area contributed by atoms with Crippen molar-refractivity contribution in [3.05, 3.63) is 37.7 Å². The molecule has 0 unspecified atom stereocenters. The summed E-state index contributed by atoms with van der Waals surface area (Å²) in [6.45, 7) is 0. The number of halogens is 2. The molecule has 3 heteroatoms. The van der Waals surface area contributed by atoms with Crippen molar-refractivity contribution in [1.29, 1.82) is 0 Å². The van der Waals surface area contributed by atoms with E-state index in [1.54, 1.807) is 0 Å². The van der Waals surface area contributed by atoms with Gasteiger partial charge < -0.3 is 4.40 Å². The first-order valence-electron chi connectivity index (χ1n) is 3.20. The fraction of sp³-hybridized carbons (Fsp3) is 0. The minimum Gasteiger partial charge on any atom is -0.311 e. The normalized spacial score (nSPS) is 10.7. The van der Waals surface area contributed by atoms with Crippen molar-refractivity contribution < 1.29 is 0 Å². The molecule has 0 aliphatic carbocycles. The van der Waals surface area contributed by atoms with Gasteiger partial charge in [-0.3, -0.25) is 0 Å². The molecule has 0 radical (unpaired) electrons. The molecule has 2 aromatic rings. The van der Waals surface area contributed by atoms with Gasteiger partial charge >= 0.3 is 0 Å². The molecule has 0 aromatic carbocycles. The summed E-state index contributed by atoms with van der Waals surface area (Å²) < 4.78 is 4.73. The summed E-state index contributed by atoms with van der Waals surface area (Å²) in [5.74, 6) is 0. The van der Waals surface area contributed by atoms with Crippen LogP contribution in [0.4, 0.5) is 0 Å². The van der Waals surface area contributed by atoms with Crippen LogP contribution in [0.3, 0.4) is 0 Å². The monoisotopic (exact) mass is 369 g/mol. The second kappa shape index (κ2) is 2.93. The van der Waals surface area contributed by atoms with Crippen LogP contribution in [-0.4, -0.2) is 4.40 Å². The van der Waals surface area contributed by atoms with Crippen LogP contribution in [-0.2, 0) is 0 Å². The van der Waals surface area contributed by atoms with Gasteiger partial charge in [-0.15, -0.1) is 0 Å². The van der Waals surface area contributed by atoms with Gasteiger partial charge in [0.05, 0.1) is 9.22 Å². The average Bonchev–Trinajstić information content (AvgIpc) is 2.45. The maximum Gasteiger partial charge on any atom is 0.0844 e. The molecule has 2 aromatic heterocycles. The van der Waals surface area contributed by atoms with E-state index in [-0.39, 0.29) is 0 Å². The average molecular weight is 369 g/mol. The molecule has 11 heavy (non-hydrogen) atoms. The number of hydrogen-bond donors (Lipinski definition) is 0. The number of aromatic nitrogens is 1. The van der Waals surface area contributed by atoms with Gasteiger partial charge in [-0.25, -0.2) is 0 Å². The van der Waals surface area contributed by atoms with Gasteiger partial charge in [-0.2, -0.15) is 0 Å². The van der Waals surface area contributed by atoms with E-state index >= 15 is 0 Å². The molecule has 0 atom stereocenters. The summed E-state index contributed by atoms with van der Waals surface area (Å²) in [5.41, 5.74) is 1.29. The predicted octanol–water partition coefficient (Wildman–Crippen LogP) is 3.15. The molecule has 0 spiro atoms. The third-order valence-electron chi connectivity index (χ3n) is 1.59. The maximum atomic E-state index is 2.35. The number of rotatable bonds is 0. The molecule has 0 saturated heterocycles. The Morgan fingerprint density at radius 3 is 2.64 bits per heavy atom. The van der Waals surface area contributed by atoms with E-state index in [1.807, 2.05) is 0 Å². The molecule has 0 bridgehead atoms. The van der Waals surface area contributed by atoms with Crippen molar-refractivity contribution >= 4 is 50.7 Å². The van der Waals surface area contributed by atoms with Crippen LogP contribution in [0.1, 0.15) is 0 Å². The smallest absolute Gasteiger partial charge is 0.0844 e. The molecule has 2 rings (SSSR count). The highest BCUT2D eigenvalue weighted by atomic mass is 127. The van der Waals surface area contributed by atoms with Crippen molar-refractivity contribution in [3.8, 4) is 0 Å². The van der Waals surface area contributed by atoms with Gasteiger partial charge in [-0.05, 0) is 69.4 Å². The van der Waals surface area contributed by atoms with Crippen molar-refractivity contribution in [2.24, 2.45) is 0 Å². The van der Waals surface area contributed by atoms with Gasteiger partial charge in [0.25, 0.3) is 0 Å². The molecule has 0 saturated carbocycles. The molecule has 0 N–H and O–H groups in total. The second-order valence-electron chi connectivity index (χ2n) is 2.27. The summed E-state index contributed by atoms with van der Waals surface area (Å²) in [5, 5.41) is 0. The summed E-state index contributed by atoms with van der Waals surface area (Å²) in [6.07, 6.45) is 2.08. The van der Waals surface area contributed by atoms with Crippen molar-refractivity contribution in [1.82, 2.24) is 4.40 Å². The summed E-state index contributed by atoms with van der Waals surface area (Å²) in [7, 11) is 0. The molecule has 2 heterocycles. The summed E-state index contributed by atoms with van der Waals surface area (Å²) in [4.78, 5) is 0. The Morgan fingerprint density at radius 2 is 1.91 bits per heavy atom. The van der Waals surface area contributed by atoms with Crippen molar-refractivity contribution in [3.63, 3.8) is 0 Å². The van der Waals surface area contributed by atoms with Gasteiger partial charge in [0.2, 0.25) is 0 Å².